The van der Waals surface area contributed by atoms with E-state index in [1.54, 1.807) is 38.1 Å². The molecule has 2 aromatic rings. The summed E-state index contributed by atoms with van der Waals surface area (Å²) in [6, 6.07) is 8.45. The van der Waals surface area contributed by atoms with Crippen LogP contribution in [-0.4, -0.2) is 74.9 Å². The third-order valence-electron chi connectivity index (χ3n) is 6.18. The highest BCUT2D eigenvalue weighted by molar-refractivity contribution is 7.99. The number of rotatable bonds is 11. The molecule has 0 radical (unpaired) electrons. The van der Waals surface area contributed by atoms with E-state index < -0.39 is 47.9 Å². The van der Waals surface area contributed by atoms with Gasteiger partial charge in [0.2, 0.25) is 11.8 Å². The third-order valence-corrected chi connectivity index (χ3v) is 7.19. The highest BCUT2D eigenvalue weighted by atomic mass is 32.2. The summed E-state index contributed by atoms with van der Waals surface area (Å²) < 4.78 is 64.6. The minimum absolute atomic E-state index is 0.00271. The van der Waals surface area contributed by atoms with Crippen molar-refractivity contribution < 1.29 is 56.1 Å². The van der Waals surface area contributed by atoms with Crippen LogP contribution in [0.15, 0.2) is 42.5 Å². The molecule has 0 aromatic heterocycles. The summed E-state index contributed by atoms with van der Waals surface area (Å²) in [6.07, 6.45) is -6.15. The number of nitrogens with zero attached hydrogens (tertiary/aromatic N) is 1. The predicted molar refractivity (Wildman–Crippen MR) is 149 cm³/mol. The number of carbonyl (C=O) groups excluding carboxylic acids is 2. The molecule has 3 atom stereocenters. The number of carbonyl (C=O) groups is 4. The molecule has 1 aliphatic heterocycles. The molecule has 3 rings (SSSR count). The molecule has 0 spiro atoms. The lowest BCUT2D eigenvalue weighted by molar-refractivity contribution is -0.192. The van der Waals surface area contributed by atoms with Gasteiger partial charge in [-0.3, -0.25) is 9.59 Å². The number of aliphatic carboxylic acids is 2. The topological polar surface area (TPSA) is 159 Å². The number of amides is 2. The lowest BCUT2D eigenvalue weighted by Crippen LogP contribution is -2.48. The Morgan fingerprint density at radius 1 is 1.09 bits per heavy atom. The second-order valence-electron chi connectivity index (χ2n) is 10.1. The number of nitrogens with one attached hydrogen (secondary N) is 1. The molecule has 0 saturated carbocycles. The molecule has 1 aliphatic rings. The predicted octanol–water partition coefficient (Wildman–Crippen LogP) is 3.56. The minimum atomic E-state index is -5.08. The van der Waals surface area contributed by atoms with Crippen LogP contribution in [0.3, 0.4) is 0 Å². The molecule has 1 heterocycles. The largest absolute Gasteiger partial charge is 0.490 e. The van der Waals surface area contributed by atoms with Crippen LogP contribution in [0.4, 0.5) is 22.0 Å². The summed E-state index contributed by atoms with van der Waals surface area (Å²) in [5, 5.41) is 19.2. The van der Waals surface area contributed by atoms with Crippen molar-refractivity contribution in [2.24, 2.45) is 11.7 Å². The Kier molecular flexibility index (Phi) is 13.4. The summed E-state index contributed by atoms with van der Waals surface area (Å²) in [6.45, 7) is 3.74. The SMILES string of the molecule is CC(C)[C@H](Oc1ccc(CNC(=O)[C@@H]2CSCN2C(=O)CC(N)Cc2cc(F)ccc2F)cc1)C(=O)O.O=C(O)C(F)(F)F. The van der Waals surface area contributed by atoms with Crippen LogP contribution in [0.2, 0.25) is 0 Å². The highest BCUT2D eigenvalue weighted by Gasteiger charge is 2.38. The van der Waals surface area contributed by atoms with Crippen molar-refractivity contribution in [1.82, 2.24) is 10.2 Å². The first kappa shape index (κ1) is 36.3. The van der Waals surface area contributed by atoms with Gasteiger partial charge in [0.15, 0.2) is 6.10 Å². The standard InChI is InChI=1S/C26H31F2N3O5S.C2HF3O2/c1-15(2)24(26(34)35)36-20-6-3-16(4-7-20)12-30-25(33)22-13-37-14-31(22)23(32)11-19(29)10-17-9-18(27)5-8-21(17)28;3-2(4,5)1(6)7/h3-9,15,19,22,24H,10-14,29H2,1-2H3,(H,30,33)(H,34,35);(H,6,7)/t19?,22-,24-;/m0./s1. The third kappa shape index (κ3) is 11.3. The number of nitrogens with two attached hydrogens (primary N) is 1. The van der Waals surface area contributed by atoms with Crippen LogP contribution in [-0.2, 0) is 32.1 Å². The number of benzene rings is 2. The second-order valence-corrected chi connectivity index (χ2v) is 11.1. The molecule has 16 heteroatoms. The number of halogens is 5. The molecule has 0 aliphatic carbocycles. The quantitative estimate of drug-likeness (QED) is 0.267. The van der Waals surface area contributed by atoms with Gasteiger partial charge in [0, 0.05) is 30.7 Å². The lowest BCUT2D eigenvalue weighted by Gasteiger charge is -2.24. The molecule has 2 aromatic carbocycles. The zero-order chi connectivity index (χ0) is 33.2. The molecule has 242 valence electrons. The van der Waals surface area contributed by atoms with Gasteiger partial charge in [-0.1, -0.05) is 26.0 Å². The van der Waals surface area contributed by atoms with E-state index in [1.165, 1.54) is 16.7 Å². The van der Waals surface area contributed by atoms with Crippen molar-refractivity contribution in [2.45, 2.75) is 57.6 Å². The smallest absolute Gasteiger partial charge is 0.478 e. The van der Waals surface area contributed by atoms with Gasteiger partial charge >= 0.3 is 18.1 Å². The molecule has 0 bridgehead atoms. The molecule has 1 fully saturated rings. The van der Waals surface area contributed by atoms with Gasteiger partial charge in [0.25, 0.3) is 0 Å². The van der Waals surface area contributed by atoms with E-state index in [9.17, 15) is 41.4 Å². The van der Waals surface area contributed by atoms with Crippen molar-refractivity contribution in [2.75, 3.05) is 11.6 Å². The summed E-state index contributed by atoms with van der Waals surface area (Å²) in [4.78, 5) is 47.3. The van der Waals surface area contributed by atoms with Gasteiger partial charge in [0.1, 0.15) is 23.4 Å². The van der Waals surface area contributed by atoms with Crippen LogP contribution >= 0.6 is 11.8 Å². The number of carboxylic acid groups (broad SMARTS) is 2. The Morgan fingerprint density at radius 2 is 1.70 bits per heavy atom. The zero-order valence-corrected chi connectivity index (χ0v) is 24.5. The first-order valence-electron chi connectivity index (χ1n) is 13.1. The zero-order valence-electron chi connectivity index (χ0n) is 23.6. The normalized spacial score (nSPS) is 16.0. The van der Waals surface area contributed by atoms with Gasteiger partial charge in [-0.05, 0) is 47.9 Å². The van der Waals surface area contributed by atoms with Gasteiger partial charge in [-0.15, -0.1) is 11.8 Å². The fourth-order valence-corrected chi connectivity index (χ4v) is 5.09. The number of ether oxygens (including phenoxy) is 1. The maximum Gasteiger partial charge on any atom is 0.490 e. The molecule has 1 saturated heterocycles. The summed E-state index contributed by atoms with van der Waals surface area (Å²) in [7, 11) is 0. The first-order chi connectivity index (χ1) is 20.5. The van der Waals surface area contributed by atoms with E-state index in [-0.39, 0.29) is 42.7 Å². The lowest BCUT2D eigenvalue weighted by atomic mass is 10.0. The molecule has 1 unspecified atom stereocenters. The fourth-order valence-electron chi connectivity index (χ4n) is 3.91. The maximum absolute atomic E-state index is 13.9. The molecular formula is C28H32F5N3O7S. The fraction of sp³-hybridized carbons (Fsp3) is 0.429. The summed E-state index contributed by atoms with van der Waals surface area (Å²) in [5.74, 6) is -4.62. The van der Waals surface area contributed by atoms with Crippen molar-refractivity contribution in [3.05, 3.63) is 65.2 Å². The van der Waals surface area contributed by atoms with E-state index >= 15 is 0 Å². The molecule has 44 heavy (non-hydrogen) atoms. The van der Waals surface area contributed by atoms with E-state index in [0.717, 1.165) is 23.8 Å². The number of hydrogen-bond acceptors (Lipinski definition) is 7. The number of thioether (sulfide) groups is 1. The van der Waals surface area contributed by atoms with Crippen LogP contribution in [0.5, 0.6) is 5.75 Å². The molecule has 10 nitrogen and oxygen atoms in total. The monoisotopic (exact) mass is 649 g/mol. The van der Waals surface area contributed by atoms with E-state index in [1.807, 2.05) is 0 Å². The Balaban J connectivity index is 0.000000860. The summed E-state index contributed by atoms with van der Waals surface area (Å²) >= 11 is 1.45. The highest BCUT2D eigenvalue weighted by Crippen LogP contribution is 2.23. The van der Waals surface area contributed by atoms with Gasteiger partial charge in [0.05, 0.1) is 5.88 Å². The van der Waals surface area contributed by atoms with Crippen molar-refractivity contribution in [1.29, 1.82) is 0 Å². The molecular weight excluding hydrogens is 617 g/mol. The average Bonchev–Trinajstić information content (AvgIpc) is 3.43. The Bertz CT molecular complexity index is 1310. The van der Waals surface area contributed by atoms with Crippen LogP contribution in [0.25, 0.3) is 0 Å². The Morgan fingerprint density at radius 3 is 2.25 bits per heavy atom. The second kappa shape index (κ2) is 16.2. The number of alkyl halides is 3. The van der Waals surface area contributed by atoms with Crippen LogP contribution in [0, 0.1) is 17.6 Å². The van der Waals surface area contributed by atoms with Crippen molar-refractivity contribution in [3.8, 4) is 5.75 Å². The average molecular weight is 650 g/mol. The van der Waals surface area contributed by atoms with Crippen molar-refractivity contribution >= 4 is 35.5 Å². The molecule has 2 amide bonds. The van der Waals surface area contributed by atoms with Crippen LogP contribution in [0.1, 0.15) is 31.4 Å². The Hall–Kier alpha value is -3.92. The summed E-state index contributed by atoms with van der Waals surface area (Å²) in [5.41, 5.74) is 6.92. The van der Waals surface area contributed by atoms with E-state index in [4.69, 9.17) is 20.4 Å². The van der Waals surface area contributed by atoms with E-state index in [0.29, 0.717) is 17.4 Å². The maximum atomic E-state index is 13.9. The number of carboxylic acids is 2. The minimum Gasteiger partial charge on any atom is -0.478 e. The first-order valence-corrected chi connectivity index (χ1v) is 14.3. The van der Waals surface area contributed by atoms with Crippen molar-refractivity contribution in [3.63, 3.8) is 0 Å². The van der Waals surface area contributed by atoms with Gasteiger partial charge in [-0.2, -0.15) is 13.2 Å². The van der Waals surface area contributed by atoms with Crippen LogP contribution < -0.4 is 15.8 Å². The number of hydrogen-bond donors (Lipinski definition) is 4. The Labute approximate surface area is 253 Å². The van der Waals surface area contributed by atoms with Gasteiger partial charge < -0.3 is 30.9 Å². The van der Waals surface area contributed by atoms with E-state index in [2.05, 4.69) is 5.32 Å². The molecule has 5 N–H and O–H groups in total. The van der Waals surface area contributed by atoms with Gasteiger partial charge in [-0.25, -0.2) is 18.4 Å².